The minimum absolute atomic E-state index is 0.0231. The van der Waals surface area contributed by atoms with Gasteiger partial charge in [0.1, 0.15) is 35.7 Å². The number of ether oxygens (including phenoxy) is 4. The third-order valence-corrected chi connectivity index (χ3v) is 7.41. The maximum absolute atomic E-state index is 12.5. The molecule has 22 nitrogen and oxygen atoms in total. The van der Waals surface area contributed by atoms with Gasteiger partial charge in [0.05, 0.1) is 12.8 Å². The highest BCUT2D eigenvalue weighted by Gasteiger charge is 2.25. The predicted molar refractivity (Wildman–Crippen MR) is 210 cm³/mol. The summed E-state index contributed by atoms with van der Waals surface area (Å²) < 4.78 is 19.7. The Hall–Kier alpha value is -6.16. The molecule has 0 bridgehead atoms. The van der Waals surface area contributed by atoms with Gasteiger partial charge < -0.3 is 63.1 Å². The first kappa shape index (κ1) is 51.8. The zero-order chi connectivity index (χ0) is 44.0. The van der Waals surface area contributed by atoms with E-state index in [9.17, 15) is 38.4 Å². The first-order valence-electron chi connectivity index (χ1n) is 18.1. The van der Waals surface area contributed by atoms with Crippen LogP contribution in [0.25, 0.3) is 0 Å². The molecule has 0 spiro atoms. The van der Waals surface area contributed by atoms with Gasteiger partial charge in [0, 0.05) is 19.5 Å². The number of benzene rings is 1. The number of nitrogens with zero attached hydrogens (tertiary/aromatic N) is 2. The molecular weight excluding hydrogens is 764 g/mol. The van der Waals surface area contributed by atoms with Crippen LogP contribution in [-0.2, 0) is 63.7 Å². The summed E-state index contributed by atoms with van der Waals surface area (Å²) in [5, 5.41) is 10.4. The van der Waals surface area contributed by atoms with Crippen molar-refractivity contribution < 1.29 is 57.3 Å². The highest BCUT2D eigenvalue weighted by molar-refractivity contribution is 5.99. The van der Waals surface area contributed by atoms with Crippen LogP contribution in [0.4, 0.5) is 0 Å². The number of nitrogens with one attached hydrogen (secondary N) is 4. The minimum atomic E-state index is -1.04. The SMILES string of the molecule is CNC(CCCN=C(N)N)C(=O)OCOC(=O)C(C)NC(=O)CC(C)=O.CNC(CCCN=C(N)N)C(=O)OCOC(=O)C(Cc1ccccc1)NC(=O)CC(C)=O. The van der Waals surface area contributed by atoms with Gasteiger partial charge in [-0.1, -0.05) is 30.3 Å². The standard InChI is InChI=1S/C21H31N5O6.C15H27N5O6/c1-14(27)11-18(28)26-17(12-15-7-4-3-5-8-15)20(30)32-13-31-19(29)16(24-2)9-6-10-25-21(22)23;1-9(21)7-12(22)20-10(2)13(23)25-8-26-14(24)11(18-3)5-4-6-19-15(16)17/h3-5,7-8,16-17,24H,6,9-13H2,1-2H3,(H,26,28)(H4,22,23,25);10-11,18H,4-8H2,1-3H3,(H,20,22)(H4,16,17,19). The Labute approximate surface area is 336 Å². The summed E-state index contributed by atoms with van der Waals surface area (Å²) in [4.78, 5) is 101. The number of amides is 2. The average Bonchev–Trinajstić information content (AvgIpc) is 3.14. The summed E-state index contributed by atoms with van der Waals surface area (Å²) in [7, 11) is 3.18. The van der Waals surface area contributed by atoms with Gasteiger partial charge in [-0.15, -0.1) is 0 Å². The van der Waals surface area contributed by atoms with Crippen molar-refractivity contribution in [2.75, 3.05) is 40.8 Å². The summed E-state index contributed by atoms with van der Waals surface area (Å²) in [6.07, 6.45) is 1.42. The number of likely N-dealkylation sites (N-methyl/N-ethyl adjacent to an activating group) is 2. The van der Waals surface area contributed by atoms with Gasteiger partial charge in [-0.05, 0) is 66.1 Å². The zero-order valence-electron chi connectivity index (χ0n) is 33.6. The molecule has 1 rings (SSSR count). The number of carbonyl (C=O) groups is 8. The molecule has 1 aromatic carbocycles. The summed E-state index contributed by atoms with van der Waals surface area (Å²) in [5.74, 6) is -4.67. The zero-order valence-corrected chi connectivity index (χ0v) is 33.6. The van der Waals surface area contributed by atoms with Crippen LogP contribution in [0.1, 0.15) is 64.9 Å². The minimum Gasteiger partial charge on any atom is -0.427 e. The van der Waals surface area contributed by atoms with E-state index in [-0.39, 0.29) is 42.7 Å². The van der Waals surface area contributed by atoms with Crippen LogP contribution in [0.3, 0.4) is 0 Å². The van der Waals surface area contributed by atoms with Crippen molar-refractivity contribution in [2.45, 2.75) is 89.9 Å². The van der Waals surface area contributed by atoms with E-state index in [1.807, 2.05) is 6.07 Å². The van der Waals surface area contributed by atoms with E-state index < -0.39 is 73.4 Å². The molecule has 0 saturated heterocycles. The fraction of sp³-hybridized carbons (Fsp3) is 0.556. The molecule has 0 aromatic heterocycles. The molecule has 58 heavy (non-hydrogen) atoms. The van der Waals surface area contributed by atoms with Gasteiger partial charge in [0.25, 0.3) is 0 Å². The maximum atomic E-state index is 12.5. The molecular formula is C36H58N10O12. The van der Waals surface area contributed by atoms with Crippen molar-refractivity contribution in [3.8, 4) is 0 Å². The van der Waals surface area contributed by atoms with Crippen molar-refractivity contribution >= 4 is 59.2 Å². The number of aliphatic imine (C=N–C) groups is 2. The van der Waals surface area contributed by atoms with Crippen molar-refractivity contribution in [1.29, 1.82) is 0 Å². The molecule has 1 aromatic rings. The number of Topliss-reactive ketones (excluding diaryl/α,β-unsaturated/α-hetero) is 2. The first-order valence-corrected chi connectivity index (χ1v) is 18.1. The lowest BCUT2D eigenvalue weighted by Gasteiger charge is -2.19. The fourth-order valence-electron chi connectivity index (χ4n) is 4.58. The molecule has 0 aliphatic rings. The first-order chi connectivity index (χ1) is 27.4. The molecule has 0 saturated carbocycles. The molecule has 0 heterocycles. The fourth-order valence-corrected chi connectivity index (χ4v) is 4.58. The molecule has 0 fully saturated rings. The van der Waals surface area contributed by atoms with Crippen LogP contribution in [0.15, 0.2) is 40.3 Å². The monoisotopic (exact) mass is 822 g/mol. The lowest BCUT2D eigenvalue weighted by molar-refractivity contribution is -0.172. The van der Waals surface area contributed by atoms with Crippen molar-refractivity contribution in [3.63, 3.8) is 0 Å². The number of ketones is 2. The average molecular weight is 823 g/mol. The molecule has 324 valence electrons. The van der Waals surface area contributed by atoms with Crippen LogP contribution in [0, 0.1) is 0 Å². The van der Waals surface area contributed by atoms with E-state index >= 15 is 0 Å². The molecule has 2 amide bonds. The summed E-state index contributed by atoms with van der Waals surface area (Å²) >= 11 is 0. The second-order valence-corrected chi connectivity index (χ2v) is 12.5. The Morgan fingerprint density at radius 1 is 0.603 bits per heavy atom. The lowest BCUT2D eigenvalue weighted by atomic mass is 10.1. The second kappa shape index (κ2) is 30.0. The number of nitrogens with two attached hydrogens (primary N) is 4. The molecule has 4 unspecified atom stereocenters. The van der Waals surface area contributed by atoms with Crippen LogP contribution in [0.2, 0.25) is 0 Å². The Bertz CT molecular complexity index is 1550. The molecule has 22 heteroatoms. The molecule has 4 atom stereocenters. The van der Waals surface area contributed by atoms with Crippen LogP contribution >= 0.6 is 0 Å². The predicted octanol–water partition coefficient (Wildman–Crippen LogP) is -2.47. The summed E-state index contributed by atoms with van der Waals surface area (Å²) in [5.41, 5.74) is 21.7. The Morgan fingerprint density at radius 2 is 1.00 bits per heavy atom. The molecule has 0 radical (unpaired) electrons. The Morgan fingerprint density at radius 3 is 1.40 bits per heavy atom. The molecule has 0 aliphatic carbocycles. The third-order valence-electron chi connectivity index (χ3n) is 7.41. The summed E-state index contributed by atoms with van der Waals surface area (Å²) in [6.45, 7) is 3.47. The van der Waals surface area contributed by atoms with Gasteiger partial charge >= 0.3 is 23.9 Å². The van der Waals surface area contributed by atoms with Crippen molar-refractivity contribution in [3.05, 3.63) is 35.9 Å². The van der Waals surface area contributed by atoms with Crippen molar-refractivity contribution in [1.82, 2.24) is 21.3 Å². The normalized spacial score (nSPS) is 12.3. The van der Waals surface area contributed by atoms with Gasteiger partial charge in [0.2, 0.25) is 25.4 Å². The van der Waals surface area contributed by atoms with E-state index in [2.05, 4.69) is 31.3 Å². The quantitative estimate of drug-likeness (QED) is 0.0120. The summed E-state index contributed by atoms with van der Waals surface area (Å²) in [6, 6.07) is 5.75. The van der Waals surface area contributed by atoms with E-state index in [1.54, 1.807) is 38.4 Å². The molecule has 0 aliphatic heterocycles. The Kier molecular flexibility index (Phi) is 26.8. The Balaban J connectivity index is 0.00000115. The van der Waals surface area contributed by atoms with Gasteiger partial charge in [-0.3, -0.25) is 38.8 Å². The number of esters is 4. The largest absolute Gasteiger partial charge is 0.427 e. The van der Waals surface area contributed by atoms with Crippen LogP contribution < -0.4 is 44.2 Å². The number of hydrogen-bond donors (Lipinski definition) is 8. The highest BCUT2D eigenvalue weighted by atomic mass is 16.7. The maximum Gasteiger partial charge on any atom is 0.331 e. The van der Waals surface area contributed by atoms with Crippen LogP contribution in [0.5, 0.6) is 0 Å². The third kappa shape index (κ3) is 25.8. The smallest absolute Gasteiger partial charge is 0.331 e. The number of rotatable bonds is 26. The highest BCUT2D eigenvalue weighted by Crippen LogP contribution is 2.07. The van der Waals surface area contributed by atoms with Gasteiger partial charge in [0.15, 0.2) is 11.9 Å². The van der Waals surface area contributed by atoms with E-state index in [4.69, 9.17) is 41.9 Å². The number of carbonyl (C=O) groups excluding carboxylic acids is 8. The lowest BCUT2D eigenvalue weighted by Crippen LogP contribution is -2.44. The van der Waals surface area contributed by atoms with Gasteiger partial charge in [-0.25, -0.2) is 9.59 Å². The van der Waals surface area contributed by atoms with Gasteiger partial charge in [-0.2, -0.15) is 0 Å². The second-order valence-electron chi connectivity index (χ2n) is 12.5. The van der Waals surface area contributed by atoms with E-state index in [1.165, 1.54) is 20.8 Å². The van der Waals surface area contributed by atoms with Crippen LogP contribution in [-0.4, -0.2) is 124 Å². The number of guanidine groups is 2. The van der Waals surface area contributed by atoms with E-state index in [0.29, 0.717) is 38.8 Å². The van der Waals surface area contributed by atoms with Crippen molar-refractivity contribution in [2.24, 2.45) is 32.9 Å². The topological polar surface area (TPSA) is 350 Å². The number of hydrogen-bond acceptors (Lipinski definition) is 16. The van der Waals surface area contributed by atoms with E-state index in [0.717, 1.165) is 5.56 Å². The molecule has 12 N–H and O–H groups in total.